The fourth-order valence-electron chi connectivity index (χ4n) is 4.61. The number of likely N-dealkylation sites (tertiary alicyclic amines) is 1. The zero-order chi connectivity index (χ0) is 20.1. The Balaban J connectivity index is 1.44. The molecule has 152 valence electrons. The van der Waals surface area contributed by atoms with Gasteiger partial charge >= 0.3 is 11.8 Å². The molecule has 0 radical (unpaired) electrons. The van der Waals surface area contributed by atoms with Crippen molar-refractivity contribution >= 4 is 11.8 Å². The molecule has 2 aliphatic heterocycles. The molecule has 0 atom stereocenters. The first-order valence-electron chi connectivity index (χ1n) is 10.8. The summed E-state index contributed by atoms with van der Waals surface area (Å²) in [7, 11) is 0. The van der Waals surface area contributed by atoms with E-state index in [9.17, 15) is 9.59 Å². The van der Waals surface area contributed by atoms with Crippen LogP contribution in [0.15, 0.2) is 60.7 Å². The predicted molar refractivity (Wildman–Crippen MR) is 112 cm³/mol. The van der Waals surface area contributed by atoms with Gasteiger partial charge in [-0.05, 0) is 19.3 Å². The number of benzene rings is 2. The highest BCUT2D eigenvalue weighted by molar-refractivity contribution is 6.34. The Morgan fingerprint density at radius 1 is 0.655 bits per heavy atom. The van der Waals surface area contributed by atoms with Crippen LogP contribution < -0.4 is 4.90 Å². The van der Waals surface area contributed by atoms with E-state index in [0.717, 1.165) is 45.4 Å². The van der Waals surface area contributed by atoms with Crippen LogP contribution in [0, 0.1) is 0 Å². The molecule has 2 saturated heterocycles. The van der Waals surface area contributed by atoms with Gasteiger partial charge in [-0.2, -0.15) is 0 Å². The number of rotatable bonds is 3. The van der Waals surface area contributed by atoms with Crippen LogP contribution in [0.2, 0.25) is 0 Å². The Hall–Kier alpha value is -2.66. The summed E-state index contributed by atoms with van der Waals surface area (Å²) in [4.78, 5) is 30.3. The molecule has 0 aromatic heterocycles. The average molecular weight is 393 g/mol. The Morgan fingerprint density at radius 2 is 1.10 bits per heavy atom. The molecule has 29 heavy (non-hydrogen) atoms. The molecule has 5 nitrogen and oxygen atoms in total. The van der Waals surface area contributed by atoms with Gasteiger partial charge in [-0.15, -0.1) is 0 Å². The van der Waals surface area contributed by atoms with Crippen LogP contribution in [0.4, 0.5) is 0 Å². The summed E-state index contributed by atoms with van der Waals surface area (Å²) < 4.78 is 0. The molecule has 0 spiro atoms. The number of nitrogens with zero attached hydrogens (tertiary/aromatic N) is 2. The lowest BCUT2D eigenvalue weighted by Crippen LogP contribution is -3.15. The second-order valence-electron chi connectivity index (χ2n) is 8.06. The van der Waals surface area contributed by atoms with E-state index in [4.69, 9.17) is 0 Å². The number of amides is 2. The third kappa shape index (κ3) is 4.51. The lowest BCUT2D eigenvalue weighted by molar-refractivity contribution is -0.929. The van der Waals surface area contributed by atoms with E-state index in [1.54, 1.807) is 9.80 Å². The molecule has 2 aliphatic rings. The first-order chi connectivity index (χ1) is 14.2. The van der Waals surface area contributed by atoms with Gasteiger partial charge in [0.2, 0.25) is 0 Å². The van der Waals surface area contributed by atoms with Crippen molar-refractivity contribution in [2.45, 2.75) is 25.3 Å². The summed E-state index contributed by atoms with van der Waals surface area (Å²) in [6, 6.07) is 21.4. The summed E-state index contributed by atoms with van der Waals surface area (Å²) in [5.41, 5.74) is 2.58. The minimum atomic E-state index is -0.318. The fraction of sp³-hybridized carbons (Fsp3) is 0.417. The van der Waals surface area contributed by atoms with Crippen LogP contribution in [-0.2, 0) is 9.59 Å². The van der Waals surface area contributed by atoms with Gasteiger partial charge < -0.3 is 14.7 Å². The topological polar surface area (TPSA) is 45.1 Å². The molecule has 0 aliphatic carbocycles. The molecule has 2 heterocycles. The van der Waals surface area contributed by atoms with Crippen molar-refractivity contribution in [1.29, 1.82) is 0 Å². The third-order valence-corrected chi connectivity index (χ3v) is 6.19. The van der Waals surface area contributed by atoms with E-state index in [1.807, 2.05) is 12.1 Å². The van der Waals surface area contributed by atoms with Crippen molar-refractivity contribution in [2.24, 2.45) is 0 Å². The second-order valence-corrected chi connectivity index (χ2v) is 8.06. The molecule has 2 aromatic rings. The Bertz CT molecular complexity index is 771. The minimum absolute atomic E-state index is 0.243. The lowest BCUT2D eigenvalue weighted by atomic mass is 9.96. The van der Waals surface area contributed by atoms with Crippen molar-refractivity contribution < 1.29 is 14.5 Å². The number of quaternary nitrogens is 1. The van der Waals surface area contributed by atoms with Crippen molar-refractivity contribution in [3.8, 4) is 0 Å². The number of nitrogens with one attached hydrogen (secondary N) is 1. The van der Waals surface area contributed by atoms with Gasteiger partial charge in [0.15, 0.2) is 0 Å². The Labute approximate surface area is 172 Å². The molecule has 2 amide bonds. The third-order valence-electron chi connectivity index (χ3n) is 6.19. The maximum absolute atomic E-state index is 12.7. The van der Waals surface area contributed by atoms with E-state index < -0.39 is 0 Å². The molecule has 0 bridgehead atoms. The average Bonchev–Trinajstić information content (AvgIpc) is 2.81. The molecular weight excluding hydrogens is 362 g/mol. The number of hydrogen-bond acceptors (Lipinski definition) is 2. The Kier molecular flexibility index (Phi) is 6.25. The van der Waals surface area contributed by atoms with Gasteiger partial charge in [-0.3, -0.25) is 9.59 Å². The number of piperazine rings is 1. The number of piperidine rings is 1. The van der Waals surface area contributed by atoms with E-state index in [-0.39, 0.29) is 17.9 Å². The SMILES string of the molecule is O=C(C(=O)N1CC[NH+](C(c2ccccc2)c2ccccc2)CC1)N1CCCCC1. The highest BCUT2D eigenvalue weighted by Gasteiger charge is 2.34. The van der Waals surface area contributed by atoms with E-state index >= 15 is 0 Å². The first-order valence-corrected chi connectivity index (χ1v) is 10.8. The van der Waals surface area contributed by atoms with Crippen LogP contribution in [0.5, 0.6) is 0 Å². The van der Waals surface area contributed by atoms with E-state index in [1.165, 1.54) is 16.0 Å². The van der Waals surface area contributed by atoms with Gasteiger partial charge in [0.05, 0.1) is 26.2 Å². The molecular formula is C24H30N3O2+. The minimum Gasteiger partial charge on any atom is -0.334 e. The van der Waals surface area contributed by atoms with Crippen LogP contribution in [0.25, 0.3) is 0 Å². The molecule has 0 unspecified atom stereocenters. The maximum atomic E-state index is 12.7. The normalized spacial score (nSPS) is 18.1. The van der Waals surface area contributed by atoms with Gasteiger partial charge in [0.25, 0.3) is 0 Å². The molecule has 4 rings (SSSR count). The smallest absolute Gasteiger partial charge is 0.312 e. The first kappa shape index (κ1) is 19.6. The van der Waals surface area contributed by atoms with Crippen molar-refractivity contribution in [2.75, 3.05) is 39.3 Å². The monoisotopic (exact) mass is 392 g/mol. The zero-order valence-electron chi connectivity index (χ0n) is 16.9. The number of hydrogen-bond donors (Lipinski definition) is 1. The molecule has 2 fully saturated rings. The molecule has 2 aromatic carbocycles. The summed E-state index contributed by atoms with van der Waals surface area (Å²) in [6.45, 7) is 4.38. The van der Waals surface area contributed by atoms with Crippen molar-refractivity contribution in [3.05, 3.63) is 71.8 Å². The zero-order valence-corrected chi connectivity index (χ0v) is 16.9. The summed E-state index contributed by atoms with van der Waals surface area (Å²) >= 11 is 0. The predicted octanol–water partition coefficient (Wildman–Crippen LogP) is 1.52. The van der Waals surface area contributed by atoms with Gasteiger partial charge in [-0.1, -0.05) is 60.7 Å². The van der Waals surface area contributed by atoms with Gasteiger partial charge in [-0.25, -0.2) is 0 Å². The highest BCUT2D eigenvalue weighted by atomic mass is 16.2. The van der Waals surface area contributed by atoms with Gasteiger partial charge in [0, 0.05) is 24.2 Å². The second kappa shape index (κ2) is 9.23. The molecule has 5 heteroatoms. The molecule has 1 N–H and O–H groups in total. The quantitative estimate of drug-likeness (QED) is 0.805. The maximum Gasteiger partial charge on any atom is 0.312 e. The van der Waals surface area contributed by atoms with Crippen LogP contribution in [0.3, 0.4) is 0 Å². The summed E-state index contributed by atoms with van der Waals surface area (Å²) in [6.07, 6.45) is 3.17. The molecule has 0 saturated carbocycles. The highest BCUT2D eigenvalue weighted by Crippen LogP contribution is 2.19. The van der Waals surface area contributed by atoms with E-state index in [2.05, 4.69) is 48.5 Å². The van der Waals surface area contributed by atoms with Crippen molar-refractivity contribution in [3.63, 3.8) is 0 Å². The van der Waals surface area contributed by atoms with Crippen LogP contribution in [-0.4, -0.2) is 60.9 Å². The Morgan fingerprint density at radius 3 is 1.59 bits per heavy atom. The van der Waals surface area contributed by atoms with E-state index in [0.29, 0.717) is 13.1 Å². The van der Waals surface area contributed by atoms with Crippen LogP contribution >= 0.6 is 0 Å². The summed E-state index contributed by atoms with van der Waals surface area (Å²) in [5.74, 6) is -0.627. The standard InChI is InChI=1S/C24H29N3O2/c28-23(26-14-8-3-9-15-26)24(29)27-18-16-25(17-19-27)22(20-10-4-1-5-11-20)21-12-6-2-7-13-21/h1-2,4-7,10-13,22H,3,8-9,14-19H2/p+1. The summed E-state index contributed by atoms with van der Waals surface area (Å²) in [5, 5.41) is 0. The fourth-order valence-corrected chi connectivity index (χ4v) is 4.61. The van der Waals surface area contributed by atoms with Gasteiger partial charge in [0.1, 0.15) is 6.04 Å². The van der Waals surface area contributed by atoms with Crippen LogP contribution in [0.1, 0.15) is 36.4 Å². The lowest BCUT2D eigenvalue weighted by Gasteiger charge is -2.37. The number of carbonyl (C=O) groups is 2. The van der Waals surface area contributed by atoms with Crippen molar-refractivity contribution in [1.82, 2.24) is 9.80 Å². The number of carbonyl (C=O) groups excluding carboxylic acids is 2. The largest absolute Gasteiger partial charge is 0.334 e.